The SMILES string of the molecule is CN(CC(=O)NC1CCN(C2CC2)CC1)CC1CCCC1O. The second kappa shape index (κ2) is 7.28. The fourth-order valence-electron chi connectivity index (χ4n) is 4.06. The van der Waals surface area contributed by atoms with Gasteiger partial charge in [-0.2, -0.15) is 0 Å². The lowest BCUT2D eigenvalue weighted by atomic mass is 10.0. The predicted octanol–water partition coefficient (Wildman–Crippen LogP) is 0.822. The molecule has 2 saturated carbocycles. The van der Waals surface area contributed by atoms with Crippen molar-refractivity contribution in [3.05, 3.63) is 0 Å². The molecule has 1 aliphatic heterocycles. The molecule has 1 amide bonds. The van der Waals surface area contributed by atoms with Crippen molar-refractivity contribution in [2.75, 3.05) is 33.2 Å². The largest absolute Gasteiger partial charge is 0.393 e. The first-order chi connectivity index (χ1) is 10.6. The van der Waals surface area contributed by atoms with Crippen molar-refractivity contribution in [3.8, 4) is 0 Å². The Morgan fingerprint density at radius 2 is 1.91 bits per heavy atom. The molecule has 0 aromatic rings. The number of carbonyl (C=O) groups excluding carboxylic acids is 1. The highest BCUT2D eigenvalue weighted by Crippen LogP contribution is 2.29. The second-order valence-corrected chi connectivity index (χ2v) is 7.56. The fraction of sp³-hybridized carbons (Fsp3) is 0.941. The summed E-state index contributed by atoms with van der Waals surface area (Å²) in [6.45, 7) is 3.56. The summed E-state index contributed by atoms with van der Waals surface area (Å²) in [6, 6.07) is 1.20. The van der Waals surface area contributed by atoms with Crippen molar-refractivity contribution in [2.45, 2.75) is 63.1 Å². The smallest absolute Gasteiger partial charge is 0.234 e. The fourth-order valence-corrected chi connectivity index (χ4v) is 4.06. The minimum Gasteiger partial charge on any atom is -0.393 e. The first kappa shape index (κ1) is 16.2. The number of aliphatic hydroxyl groups is 1. The van der Waals surface area contributed by atoms with Crippen LogP contribution >= 0.6 is 0 Å². The molecule has 3 rings (SSSR count). The maximum Gasteiger partial charge on any atom is 0.234 e. The zero-order valence-electron chi connectivity index (χ0n) is 13.8. The standard InChI is InChI=1S/C17H31N3O2/c1-19(11-13-3-2-4-16(13)21)12-17(22)18-14-7-9-20(10-8-14)15-5-6-15/h13-16,21H,2-12H2,1H3,(H,18,22). The molecule has 3 aliphatic rings. The van der Waals surface area contributed by atoms with E-state index in [-0.39, 0.29) is 12.0 Å². The van der Waals surface area contributed by atoms with Gasteiger partial charge >= 0.3 is 0 Å². The van der Waals surface area contributed by atoms with Crippen LogP contribution in [0.25, 0.3) is 0 Å². The van der Waals surface area contributed by atoms with Crippen LogP contribution in [-0.4, -0.2) is 72.2 Å². The van der Waals surface area contributed by atoms with E-state index in [1.807, 2.05) is 7.05 Å². The molecule has 5 heteroatoms. The minimum atomic E-state index is -0.169. The molecule has 2 aliphatic carbocycles. The number of rotatable bonds is 6. The summed E-state index contributed by atoms with van der Waals surface area (Å²) in [5.74, 6) is 0.486. The van der Waals surface area contributed by atoms with Gasteiger partial charge in [0.05, 0.1) is 12.6 Å². The quantitative estimate of drug-likeness (QED) is 0.763. The van der Waals surface area contributed by atoms with Crippen LogP contribution < -0.4 is 5.32 Å². The summed E-state index contributed by atoms with van der Waals surface area (Å²) in [5.41, 5.74) is 0. The molecule has 0 radical (unpaired) electrons. The van der Waals surface area contributed by atoms with Crippen molar-refractivity contribution in [1.29, 1.82) is 0 Å². The Hall–Kier alpha value is -0.650. The predicted molar refractivity (Wildman–Crippen MR) is 86.6 cm³/mol. The van der Waals surface area contributed by atoms with Crippen molar-refractivity contribution in [1.82, 2.24) is 15.1 Å². The van der Waals surface area contributed by atoms with Crippen molar-refractivity contribution in [2.24, 2.45) is 5.92 Å². The van der Waals surface area contributed by atoms with Gasteiger partial charge in [0.15, 0.2) is 0 Å². The van der Waals surface area contributed by atoms with Crippen LogP contribution in [0.2, 0.25) is 0 Å². The molecule has 0 spiro atoms. The number of hydrogen-bond donors (Lipinski definition) is 2. The zero-order chi connectivity index (χ0) is 15.5. The Kier molecular flexibility index (Phi) is 5.37. The molecular weight excluding hydrogens is 278 g/mol. The van der Waals surface area contributed by atoms with Gasteiger partial charge in [-0.3, -0.25) is 9.69 Å². The van der Waals surface area contributed by atoms with Crippen LogP contribution in [0.5, 0.6) is 0 Å². The third-order valence-corrected chi connectivity index (χ3v) is 5.54. The first-order valence-corrected chi connectivity index (χ1v) is 9.02. The monoisotopic (exact) mass is 309 g/mol. The maximum absolute atomic E-state index is 12.2. The van der Waals surface area contributed by atoms with Gasteiger partial charge in [-0.25, -0.2) is 0 Å². The average molecular weight is 309 g/mol. The number of likely N-dealkylation sites (N-methyl/N-ethyl adjacent to an activating group) is 1. The van der Waals surface area contributed by atoms with Gasteiger partial charge in [0.1, 0.15) is 0 Å². The molecule has 2 unspecified atom stereocenters. The van der Waals surface area contributed by atoms with E-state index in [2.05, 4.69) is 15.1 Å². The number of nitrogens with zero attached hydrogens (tertiary/aromatic N) is 2. The van der Waals surface area contributed by atoms with E-state index < -0.39 is 0 Å². The number of piperidine rings is 1. The van der Waals surface area contributed by atoms with Crippen LogP contribution in [0.1, 0.15) is 44.9 Å². The lowest BCUT2D eigenvalue weighted by Gasteiger charge is -2.32. The molecule has 126 valence electrons. The molecule has 1 saturated heterocycles. The molecule has 2 N–H and O–H groups in total. The molecule has 5 nitrogen and oxygen atoms in total. The van der Waals surface area contributed by atoms with Gasteiger partial charge in [-0.1, -0.05) is 6.42 Å². The van der Waals surface area contributed by atoms with Gasteiger partial charge in [0, 0.05) is 31.7 Å². The molecule has 3 fully saturated rings. The summed E-state index contributed by atoms with van der Waals surface area (Å²) >= 11 is 0. The first-order valence-electron chi connectivity index (χ1n) is 9.02. The van der Waals surface area contributed by atoms with Crippen LogP contribution in [0.15, 0.2) is 0 Å². The van der Waals surface area contributed by atoms with Gasteiger partial charge in [-0.15, -0.1) is 0 Å². The van der Waals surface area contributed by atoms with E-state index in [9.17, 15) is 9.90 Å². The molecule has 1 heterocycles. The third kappa shape index (κ3) is 4.43. The Morgan fingerprint density at radius 1 is 1.18 bits per heavy atom. The van der Waals surface area contributed by atoms with Crippen LogP contribution in [0, 0.1) is 5.92 Å². The molecular formula is C17H31N3O2. The number of hydrogen-bond acceptors (Lipinski definition) is 4. The van der Waals surface area contributed by atoms with E-state index in [1.165, 1.54) is 12.8 Å². The summed E-state index contributed by atoms with van der Waals surface area (Å²) < 4.78 is 0. The maximum atomic E-state index is 12.2. The summed E-state index contributed by atoms with van der Waals surface area (Å²) in [6.07, 6.45) is 7.88. The van der Waals surface area contributed by atoms with Gasteiger partial charge < -0.3 is 15.3 Å². The Labute approximate surface area is 134 Å². The summed E-state index contributed by atoms with van der Waals surface area (Å²) in [5, 5.41) is 13.1. The minimum absolute atomic E-state index is 0.139. The van der Waals surface area contributed by atoms with Crippen molar-refractivity contribution >= 4 is 5.91 Å². The average Bonchev–Trinajstić information content (AvgIpc) is 3.25. The molecule has 2 atom stereocenters. The number of aliphatic hydroxyl groups excluding tert-OH is 1. The normalized spacial score (nSPS) is 30.9. The van der Waals surface area contributed by atoms with Crippen LogP contribution in [-0.2, 0) is 4.79 Å². The van der Waals surface area contributed by atoms with E-state index >= 15 is 0 Å². The Bertz CT molecular complexity index is 378. The van der Waals surface area contributed by atoms with Crippen molar-refractivity contribution in [3.63, 3.8) is 0 Å². The molecule has 0 bridgehead atoms. The third-order valence-electron chi connectivity index (χ3n) is 5.54. The van der Waals surface area contributed by atoms with Gasteiger partial charge in [0.25, 0.3) is 0 Å². The number of nitrogens with one attached hydrogen (secondary N) is 1. The Balaban J connectivity index is 1.33. The summed E-state index contributed by atoms with van der Waals surface area (Å²) in [4.78, 5) is 16.8. The number of likely N-dealkylation sites (tertiary alicyclic amines) is 1. The van der Waals surface area contributed by atoms with Crippen molar-refractivity contribution < 1.29 is 9.90 Å². The van der Waals surface area contributed by atoms with E-state index in [0.29, 0.717) is 18.5 Å². The molecule has 0 aromatic heterocycles. The van der Waals surface area contributed by atoms with Crippen LogP contribution in [0.3, 0.4) is 0 Å². The lowest BCUT2D eigenvalue weighted by Crippen LogP contribution is -2.48. The van der Waals surface area contributed by atoms with E-state index in [1.54, 1.807) is 0 Å². The van der Waals surface area contributed by atoms with Gasteiger partial charge in [-0.05, 0) is 51.5 Å². The van der Waals surface area contributed by atoms with Crippen LogP contribution in [0.4, 0.5) is 0 Å². The van der Waals surface area contributed by atoms with E-state index in [0.717, 1.165) is 57.8 Å². The highest BCUT2D eigenvalue weighted by molar-refractivity contribution is 5.78. The Morgan fingerprint density at radius 3 is 2.50 bits per heavy atom. The lowest BCUT2D eigenvalue weighted by molar-refractivity contribution is -0.123. The number of carbonyl (C=O) groups is 1. The van der Waals surface area contributed by atoms with E-state index in [4.69, 9.17) is 0 Å². The summed E-state index contributed by atoms with van der Waals surface area (Å²) in [7, 11) is 1.99. The highest BCUT2D eigenvalue weighted by Gasteiger charge is 2.32. The second-order valence-electron chi connectivity index (χ2n) is 7.56. The molecule has 0 aromatic carbocycles. The number of amides is 1. The zero-order valence-corrected chi connectivity index (χ0v) is 13.8. The van der Waals surface area contributed by atoms with Gasteiger partial charge in [0.2, 0.25) is 5.91 Å². The topological polar surface area (TPSA) is 55.8 Å². The highest BCUT2D eigenvalue weighted by atomic mass is 16.3. The molecule has 22 heavy (non-hydrogen) atoms.